The molecule has 1 N–H and O–H groups in total. The van der Waals surface area contributed by atoms with Crippen LogP contribution in [0.4, 0.5) is 24.5 Å². The Labute approximate surface area is 244 Å². The fraction of sp³-hybridized carbons (Fsp3) is 0.273. The molecule has 1 aliphatic heterocycles. The van der Waals surface area contributed by atoms with Crippen molar-refractivity contribution >= 4 is 40.3 Å². The van der Waals surface area contributed by atoms with Crippen LogP contribution in [-0.2, 0) is 12.7 Å². The van der Waals surface area contributed by atoms with Gasteiger partial charge >= 0.3 is 6.18 Å². The SMILES string of the molecule is CN1CCN(Cc2ccc(NC(=O)c3cccc(/C=C\c4cnc5ccccc5c4N(C)C)c3)cc2C(F)(F)F)CC1. The van der Waals surface area contributed by atoms with Crippen molar-refractivity contribution in [3.63, 3.8) is 0 Å². The van der Waals surface area contributed by atoms with Crippen molar-refractivity contribution in [1.82, 2.24) is 14.8 Å². The molecule has 0 radical (unpaired) electrons. The molecule has 0 saturated carbocycles. The van der Waals surface area contributed by atoms with Gasteiger partial charge in [0.2, 0.25) is 0 Å². The van der Waals surface area contributed by atoms with Crippen molar-refractivity contribution in [2.45, 2.75) is 12.7 Å². The van der Waals surface area contributed by atoms with Gasteiger partial charge in [-0.05, 0) is 48.5 Å². The minimum absolute atomic E-state index is 0.105. The number of halogens is 3. The molecule has 0 bridgehead atoms. The van der Waals surface area contributed by atoms with E-state index in [1.54, 1.807) is 18.2 Å². The molecule has 9 heteroatoms. The van der Waals surface area contributed by atoms with Gasteiger partial charge in [-0.25, -0.2) is 0 Å². The highest BCUT2D eigenvalue weighted by molar-refractivity contribution is 6.05. The number of para-hydroxylation sites is 1. The zero-order valence-electron chi connectivity index (χ0n) is 23.9. The first-order valence-electron chi connectivity index (χ1n) is 13.8. The van der Waals surface area contributed by atoms with Gasteiger partial charge in [0.15, 0.2) is 0 Å². The van der Waals surface area contributed by atoms with Crippen molar-refractivity contribution in [2.24, 2.45) is 0 Å². The minimum Gasteiger partial charge on any atom is -0.377 e. The quantitative estimate of drug-likeness (QED) is 0.274. The minimum atomic E-state index is -4.53. The molecule has 5 rings (SSSR count). The van der Waals surface area contributed by atoms with Crippen molar-refractivity contribution in [3.05, 3.63) is 101 Å². The van der Waals surface area contributed by atoms with E-state index < -0.39 is 17.6 Å². The molecule has 1 fully saturated rings. The van der Waals surface area contributed by atoms with E-state index in [0.717, 1.165) is 46.9 Å². The second kappa shape index (κ2) is 12.3. The fourth-order valence-electron chi connectivity index (χ4n) is 5.24. The smallest absolute Gasteiger partial charge is 0.377 e. The second-order valence-electron chi connectivity index (χ2n) is 10.8. The largest absolute Gasteiger partial charge is 0.416 e. The lowest BCUT2D eigenvalue weighted by Gasteiger charge is -2.33. The third-order valence-corrected chi connectivity index (χ3v) is 7.49. The average Bonchev–Trinajstić information content (AvgIpc) is 2.97. The molecule has 1 aromatic heterocycles. The number of nitrogens with one attached hydrogen (secondary N) is 1. The maximum absolute atomic E-state index is 14.0. The zero-order valence-corrected chi connectivity index (χ0v) is 23.9. The standard InChI is InChI=1S/C33H34F3N5O/c1-39(2)31-25(21-37-30-10-5-4-9-28(30)31)12-11-23-7-6-8-24(19-23)32(42)38-27-14-13-26(29(20-27)33(34,35)36)22-41-17-15-40(3)16-18-41/h4-14,19-21H,15-18,22H2,1-3H3,(H,38,42)/b12-11-. The Morgan fingerprint density at radius 2 is 1.74 bits per heavy atom. The van der Waals surface area contributed by atoms with Crippen LogP contribution >= 0.6 is 0 Å². The Morgan fingerprint density at radius 3 is 2.48 bits per heavy atom. The van der Waals surface area contributed by atoms with Gasteiger partial charge in [0.25, 0.3) is 5.91 Å². The van der Waals surface area contributed by atoms with Crippen LogP contribution in [0, 0.1) is 0 Å². The Bertz CT molecular complexity index is 1610. The molecule has 0 atom stereocenters. The van der Waals surface area contributed by atoms with Crippen molar-refractivity contribution < 1.29 is 18.0 Å². The lowest BCUT2D eigenvalue weighted by molar-refractivity contribution is -0.138. The monoisotopic (exact) mass is 573 g/mol. The van der Waals surface area contributed by atoms with Crippen LogP contribution in [-0.4, -0.2) is 68.0 Å². The first-order valence-corrected chi connectivity index (χ1v) is 13.8. The van der Waals surface area contributed by atoms with Gasteiger partial charge in [-0.1, -0.05) is 48.6 Å². The summed E-state index contributed by atoms with van der Waals surface area (Å²) in [5.74, 6) is -0.480. The van der Waals surface area contributed by atoms with Crippen molar-refractivity contribution in [1.29, 1.82) is 0 Å². The van der Waals surface area contributed by atoms with E-state index in [1.807, 2.05) is 79.6 Å². The summed E-state index contributed by atoms with van der Waals surface area (Å²) in [4.78, 5) is 23.9. The third kappa shape index (κ3) is 6.80. The number of carbonyl (C=O) groups excluding carboxylic acids is 1. The number of fused-ring (bicyclic) bond motifs is 1. The molecule has 1 amide bonds. The Morgan fingerprint density at radius 1 is 0.976 bits per heavy atom. The Balaban J connectivity index is 1.34. The Hall–Kier alpha value is -4.21. The molecule has 218 valence electrons. The third-order valence-electron chi connectivity index (χ3n) is 7.49. The number of pyridine rings is 1. The number of alkyl halides is 3. The fourth-order valence-corrected chi connectivity index (χ4v) is 5.24. The number of amides is 1. The number of rotatable bonds is 7. The highest BCUT2D eigenvalue weighted by atomic mass is 19.4. The molecule has 6 nitrogen and oxygen atoms in total. The Kier molecular flexibility index (Phi) is 8.61. The predicted molar refractivity (Wildman–Crippen MR) is 164 cm³/mol. The normalized spacial score (nSPS) is 14.9. The van der Waals surface area contributed by atoms with Gasteiger partial charge in [0, 0.05) is 75.2 Å². The van der Waals surface area contributed by atoms with Gasteiger partial charge in [-0.3, -0.25) is 14.7 Å². The number of likely N-dealkylation sites (N-methyl/N-ethyl adjacent to an activating group) is 1. The summed E-state index contributed by atoms with van der Waals surface area (Å²) in [6.07, 6.45) is 1.12. The van der Waals surface area contributed by atoms with Crippen molar-refractivity contribution in [2.75, 3.05) is 57.5 Å². The number of benzene rings is 3. The van der Waals surface area contributed by atoms with Crippen LogP contribution in [0.25, 0.3) is 23.1 Å². The molecule has 42 heavy (non-hydrogen) atoms. The zero-order chi connectivity index (χ0) is 29.9. The second-order valence-corrected chi connectivity index (χ2v) is 10.8. The van der Waals surface area contributed by atoms with Crippen LogP contribution in [0.1, 0.15) is 32.6 Å². The highest BCUT2D eigenvalue weighted by Gasteiger charge is 2.34. The van der Waals surface area contributed by atoms with Crippen LogP contribution in [0.5, 0.6) is 0 Å². The summed E-state index contributed by atoms with van der Waals surface area (Å²) in [6.45, 7) is 3.28. The van der Waals surface area contributed by atoms with E-state index in [4.69, 9.17) is 0 Å². The number of nitrogens with zero attached hydrogens (tertiary/aromatic N) is 4. The maximum Gasteiger partial charge on any atom is 0.416 e. The number of carbonyl (C=O) groups is 1. The average molecular weight is 574 g/mol. The molecule has 0 aliphatic carbocycles. The van der Waals surface area contributed by atoms with Gasteiger partial charge in [-0.2, -0.15) is 13.2 Å². The number of anilines is 2. The molecule has 0 unspecified atom stereocenters. The summed E-state index contributed by atoms with van der Waals surface area (Å²) in [5.41, 5.74) is 3.56. The number of hydrogen-bond acceptors (Lipinski definition) is 5. The summed E-state index contributed by atoms with van der Waals surface area (Å²) < 4.78 is 42.0. The molecular weight excluding hydrogens is 539 g/mol. The van der Waals surface area contributed by atoms with E-state index in [-0.39, 0.29) is 17.8 Å². The maximum atomic E-state index is 14.0. The predicted octanol–water partition coefficient (Wildman–Crippen LogP) is 6.49. The first kappa shape index (κ1) is 29.3. The first-order chi connectivity index (χ1) is 20.1. The lowest BCUT2D eigenvalue weighted by atomic mass is 10.0. The molecule has 1 saturated heterocycles. The van der Waals surface area contributed by atoms with Gasteiger partial charge in [0.1, 0.15) is 0 Å². The summed E-state index contributed by atoms with van der Waals surface area (Å²) in [5, 5.41) is 3.69. The highest BCUT2D eigenvalue weighted by Crippen LogP contribution is 2.35. The number of piperazine rings is 1. The van der Waals surface area contributed by atoms with E-state index in [2.05, 4.69) is 15.2 Å². The lowest BCUT2D eigenvalue weighted by Crippen LogP contribution is -2.44. The van der Waals surface area contributed by atoms with E-state index in [1.165, 1.54) is 12.1 Å². The van der Waals surface area contributed by atoms with E-state index >= 15 is 0 Å². The summed E-state index contributed by atoms with van der Waals surface area (Å²) in [7, 11) is 5.96. The van der Waals surface area contributed by atoms with Gasteiger partial charge in [0.05, 0.1) is 16.8 Å². The summed E-state index contributed by atoms with van der Waals surface area (Å²) in [6, 6.07) is 18.9. The topological polar surface area (TPSA) is 51.7 Å². The van der Waals surface area contributed by atoms with Crippen LogP contribution in [0.3, 0.4) is 0 Å². The molecule has 3 aromatic carbocycles. The van der Waals surface area contributed by atoms with Crippen LogP contribution in [0.15, 0.2) is 72.9 Å². The number of hydrogen-bond donors (Lipinski definition) is 1. The molecule has 0 spiro atoms. The van der Waals surface area contributed by atoms with Gasteiger partial charge in [-0.15, -0.1) is 0 Å². The summed E-state index contributed by atoms with van der Waals surface area (Å²) >= 11 is 0. The van der Waals surface area contributed by atoms with Crippen molar-refractivity contribution in [3.8, 4) is 0 Å². The van der Waals surface area contributed by atoms with Crippen LogP contribution in [0.2, 0.25) is 0 Å². The molecule has 4 aromatic rings. The van der Waals surface area contributed by atoms with E-state index in [0.29, 0.717) is 18.7 Å². The van der Waals surface area contributed by atoms with E-state index in [9.17, 15) is 18.0 Å². The molecule has 1 aliphatic rings. The number of aromatic nitrogens is 1. The van der Waals surface area contributed by atoms with Crippen LogP contribution < -0.4 is 10.2 Å². The molecule has 2 heterocycles. The molecular formula is C33H34F3N5O. The van der Waals surface area contributed by atoms with Gasteiger partial charge < -0.3 is 15.1 Å².